The fraction of sp³-hybridized carbons (Fsp3) is 0.385. The molecule has 0 unspecified atom stereocenters. The second kappa shape index (κ2) is 5.10. The Morgan fingerprint density at radius 2 is 1.94 bits per heavy atom. The molecule has 1 aromatic heterocycles. The SMILES string of the molecule is CC(C)c1ccc(-n2nncc2CCN)cc1. The van der Waals surface area contributed by atoms with Crippen molar-refractivity contribution in [3.8, 4) is 5.69 Å². The third-order valence-corrected chi connectivity index (χ3v) is 2.82. The van der Waals surface area contributed by atoms with Gasteiger partial charge in [0.2, 0.25) is 0 Å². The first kappa shape index (κ1) is 11.8. The minimum absolute atomic E-state index is 0.545. The summed E-state index contributed by atoms with van der Waals surface area (Å²) in [6.07, 6.45) is 2.56. The van der Waals surface area contributed by atoms with Gasteiger partial charge in [-0.1, -0.05) is 31.2 Å². The third kappa shape index (κ3) is 2.53. The summed E-state index contributed by atoms with van der Waals surface area (Å²) < 4.78 is 1.84. The maximum atomic E-state index is 5.56. The molecule has 0 fully saturated rings. The molecule has 0 aliphatic heterocycles. The average molecular weight is 230 g/mol. The van der Waals surface area contributed by atoms with Gasteiger partial charge in [0, 0.05) is 6.42 Å². The summed E-state index contributed by atoms with van der Waals surface area (Å²) in [5, 5.41) is 8.02. The molecule has 17 heavy (non-hydrogen) atoms. The molecule has 0 saturated heterocycles. The first-order valence-electron chi connectivity index (χ1n) is 5.92. The number of hydrogen-bond donors (Lipinski definition) is 1. The summed E-state index contributed by atoms with van der Waals surface area (Å²) in [5.74, 6) is 0.545. The monoisotopic (exact) mass is 230 g/mol. The topological polar surface area (TPSA) is 56.7 Å². The summed E-state index contributed by atoms with van der Waals surface area (Å²) >= 11 is 0. The van der Waals surface area contributed by atoms with Crippen molar-refractivity contribution < 1.29 is 0 Å². The van der Waals surface area contributed by atoms with E-state index in [1.807, 2.05) is 4.68 Å². The molecule has 4 nitrogen and oxygen atoms in total. The van der Waals surface area contributed by atoms with Gasteiger partial charge < -0.3 is 5.73 Å². The van der Waals surface area contributed by atoms with Crippen molar-refractivity contribution in [3.63, 3.8) is 0 Å². The molecule has 90 valence electrons. The summed E-state index contributed by atoms with van der Waals surface area (Å²) in [5.41, 5.74) is 8.97. The van der Waals surface area contributed by atoms with E-state index in [2.05, 4.69) is 48.4 Å². The van der Waals surface area contributed by atoms with Crippen LogP contribution in [0.2, 0.25) is 0 Å². The van der Waals surface area contributed by atoms with E-state index >= 15 is 0 Å². The Hall–Kier alpha value is -1.68. The van der Waals surface area contributed by atoms with Gasteiger partial charge in [-0.2, -0.15) is 0 Å². The van der Waals surface area contributed by atoms with E-state index in [1.54, 1.807) is 6.20 Å². The molecule has 1 aromatic carbocycles. The van der Waals surface area contributed by atoms with E-state index in [-0.39, 0.29) is 0 Å². The number of nitrogens with zero attached hydrogens (tertiary/aromatic N) is 3. The van der Waals surface area contributed by atoms with Gasteiger partial charge in [0.25, 0.3) is 0 Å². The van der Waals surface area contributed by atoms with Crippen molar-refractivity contribution in [3.05, 3.63) is 41.7 Å². The molecule has 0 aliphatic rings. The molecule has 0 bridgehead atoms. The molecule has 0 radical (unpaired) electrons. The van der Waals surface area contributed by atoms with Crippen molar-refractivity contribution >= 4 is 0 Å². The van der Waals surface area contributed by atoms with Gasteiger partial charge >= 0.3 is 0 Å². The Morgan fingerprint density at radius 3 is 2.53 bits per heavy atom. The van der Waals surface area contributed by atoms with Crippen LogP contribution in [-0.4, -0.2) is 21.5 Å². The van der Waals surface area contributed by atoms with Crippen LogP contribution in [0.4, 0.5) is 0 Å². The minimum Gasteiger partial charge on any atom is -0.330 e. The predicted octanol–water partition coefficient (Wildman–Crippen LogP) is 1.89. The molecule has 0 atom stereocenters. The lowest BCUT2D eigenvalue weighted by atomic mass is 10.0. The molecule has 0 saturated carbocycles. The van der Waals surface area contributed by atoms with Gasteiger partial charge in [-0.15, -0.1) is 5.10 Å². The number of aromatic nitrogens is 3. The van der Waals surface area contributed by atoms with Crippen molar-refractivity contribution in [2.75, 3.05) is 6.54 Å². The van der Waals surface area contributed by atoms with Crippen LogP contribution < -0.4 is 5.73 Å². The van der Waals surface area contributed by atoms with Crippen LogP contribution in [0.5, 0.6) is 0 Å². The van der Waals surface area contributed by atoms with E-state index in [0.717, 1.165) is 17.8 Å². The first-order valence-corrected chi connectivity index (χ1v) is 5.92. The zero-order valence-corrected chi connectivity index (χ0v) is 10.3. The van der Waals surface area contributed by atoms with Gasteiger partial charge in [0.05, 0.1) is 17.6 Å². The summed E-state index contributed by atoms with van der Waals surface area (Å²) in [6.45, 7) is 4.98. The number of rotatable bonds is 4. The zero-order chi connectivity index (χ0) is 12.3. The minimum atomic E-state index is 0.545. The van der Waals surface area contributed by atoms with E-state index in [4.69, 9.17) is 5.73 Å². The van der Waals surface area contributed by atoms with Crippen LogP contribution in [0.3, 0.4) is 0 Å². The lowest BCUT2D eigenvalue weighted by molar-refractivity contribution is 0.753. The standard InChI is InChI=1S/C13H18N4/c1-10(2)11-3-5-12(6-4-11)17-13(7-8-14)9-15-16-17/h3-6,9-10H,7-8,14H2,1-2H3. The fourth-order valence-electron chi connectivity index (χ4n) is 1.79. The summed E-state index contributed by atoms with van der Waals surface area (Å²) in [7, 11) is 0. The summed E-state index contributed by atoms with van der Waals surface area (Å²) in [4.78, 5) is 0. The van der Waals surface area contributed by atoms with Gasteiger partial charge in [0.1, 0.15) is 0 Å². The molecule has 2 rings (SSSR count). The highest BCUT2D eigenvalue weighted by molar-refractivity contribution is 5.35. The predicted molar refractivity (Wildman–Crippen MR) is 68.2 cm³/mol. The van der Waals surface area contributed by atoms with Crippen LogP contribution >= 0.6 is 0 Å². The van der Waals surface area contributed by atoms with E-state index < -0.39 is 0 Å². The maximum absolute atomic E-state index is 5.56. The maximum Gasteiger partial charge on any atom is 0.0730 e. The Bertz CT molecular complexity index is 470. The number of benzene rings is 1. The second-order valence-corrected chi connectivity index (χ2v) is 4.42. The van der Waals surface area contributed by atoms with Crippen molar-refractivity contribution in [1.82, 2.24) is 15.0 Å². The van der Waals surface area contributed by atoms with Gasteiger partial charge in [0.15, 0.2) is 0 Å². The summed E-state index contributed by atoms with van der Waals surface area (Å²) in [6, 6.07) is 8.41. The quantitative estimate of drug-likeness (QED) is 0.872. The third-order valence-electron chi connectivity index (χ3n) is 2.82. The Balaban J connectivity index is 2.30. The van der Waals surface area contributed by atoms with Crippen LogP contribution in [-0.2, 0) is 6.42 Å². The molecule has 0 spiro atoms. The van der Waals surface area contributed by atoms with Crippen LogP contribution in [0.1, 0.15) is 31.0 Å². The molecule has 0 aliphatic carbocycles. The number of hydrogen-bond acceptors (Lipinski definition) is 3. The molecular weight excluding hydrogens is 212 g/mol. The van der Waals surface area contributed by atoms with E-state index in [0.29, 0.717) is 12.5 Å². The fourth-order valence-corrected chi connectivity index (χ4v) is 1.79. The highest BCUT2D eigenvalue weighted by Gasteiger charge is 2.06. The lowest BCUT2D eigenvalue weighted by Crippen LogP contribution is -2.08. The molecular formula is C13H18N4. The molecule has 0 amide bonds. The molecule has 4 heteroatoms. The highest BCUT2D eigenvalue weighted by Crippen LogP contribution is 2.17. The normalized spacial score (nSPS) is 11.1. The van der Waals surface area contributed by atoms with Crippen LogP contribution in [0, 0.1) is 0 Å². The Labute approximate surface area is 101 Å². The van der Waals surface area contributed by atoms with Crippen LogP contribution in [0.15, 0.2) is 30.5 Å². The Morgan fingerprint density at radius 1 is 1.24 bits per heavy atom. The zero-order valence-electron chi connectivity index (χ0n) is 10.3. The van der Waals surface area contributed by atoms with Crippen molar-refractivity contribution in [2.24, 2.45) is 5.73 Å². The Kier molecular flexibility index (Phi) is 3.54. The van der Waals surface area contributed by atoms with Crippen molar-refractivity contribution in [1.29, 1.82) is 0 Å². The molecule has 2 N–H and O–H groups in total. The first-order chi connectivity index (χ1) is 8.22. The molecule has 1 heterocycles. The van der Waals surface area contributed by atoms with Crippen molar-refractivity contribution in [2.45, 2.75) is 26.2 Å². The van der Waals surface area contributed by atoms with E-state index in [9.17, 15) is 0 Å². The van der Waals surface area contributed by atoms with Gasteiger partial charge in [-0.25, -0.2) is 4.68 Å². The van der Waals surface area contributed by atoms with Crippen LogP contribution in [0.25, 0.3) is 5.69 Å². The van der Waals surface area contributed by atoms with Gasteiger partial charge in [-0.3, -0.25) is 0 Å². The largest absolute Gasteiger partial charge is 0.330 e. The highest BCUT2D eigenvalue weighted by atomic mass is 15.4. The van der Waals surface area contributed by atoms with Gasteiger partial charge in [-0.05, 0) is 30.2 Å². The molecule has 2 aromatic rings. The lowest BCUT2D eigenvalue weighted by Gasteiger charge is -2.08. The smallest absolute Gasteiger partial charge is 0.0730 e. The second-order valence-electron chi connectivity index (χ2n) is 4.42. The average Bonchev–Trinajstić information content (AvgIpc) is 2.78. The number of nitrogens with two attached hydrogens (primary N) is 1. The van der Waals surface area contributed by atoms with E-state index in [1.165, 1.54) is 5.56 Å².